The maximum absolute atomic E-state index is 13.5. The van der Waals surface area contributed by atoms with E-state index in [9.17, 15) is 9.18 Å². The Labute approximate surface area is 158 Å². The van der Waals surface area contributed by atoms with Gasteiger partial charge in [0.25, 0.3) is 5.91 Å². The topological polar surface area (TPSA) is 50.4 Å². The predicted molar refractivity (Wildman–Crippen MR) is 106 cm³/mol. The van der Waals surface area contributed by atoms with Crippen molar-refractivity contribution in [1.82, 2.24) is 0 Å². The lowest BCUT2D eigenvalue weighted by Gasteiger charge is -2.16. The summed E-state index contributed by atoms with van der Waals surface area (Å²) in [7, 11) is 1.44. The summed E-state index contributed by atoms with van der Waals surface area (Å²) in [6.45, 7) is 2.08. The average molecular weight is 364 g/mol. The molecule has 0 aliphatic heterocycles. The highest BCUT2D eigenvalue weighted by Gasteiger charge is 2.14. The molecule has 0 fully saturated rings. The van der Waals surface area contributed by atoms with Gasteiger partial charge in [0, 0.05) is 17.4 Å². The monoisotopic (exact) mass is 364 g/mol. The second kappa shape index (κ2) is 8.36. The van der Waals surface area contributed by atoms with Crippen molar-refractivity contribution in [1.29, 1.82) is 0 Å². The highest BCUT2D eigenvalue weighted by atomic mass is 19.1. The molecule has 3 aromatic rings. The van der Waals surface area contributed by atoms with E-state index in [0.717, 1.165) is 11.8 Å². The Morgan fingerprint density at radius 1 is 0.963 bits per heavy atom. The van der Waals surface area contributed by atoms with E-state index >= 15 is 0 Å². The maximum Gasteiger partial charge on any atom is 0.259 e. The van der Waals surface area contributed by atoms with Crippen LogP contribution in [-0.4, -0.2) is 13.0 Å². The summed E-state index contributed by atoms with van der Waals surface area (Å²) >= 11 is 0. The van der Waals surface area contributed by atoms with Gasteiger partial charge < -0.3 is 15.4 Å². The van der Waals surface area contributed by atoms with Crippen LogP contribution in [0.5, 0.6) is 5.75 Å². The molecule has 0 bridgehead atoms. The lowest BCUT2D eigenvalue weighted by molar-refractivity contribution is 0.102. The summed E-state index contributed by atoms with van der Waals surface area (Å²) in [4.78, 5) is 12.4. The molecule has 3 rings (SSSR count). The van der Waals surface area contributed by atoms with Crippen LogP contribution >= 0.6 is 0 Å². The minimum atomic E-state index is -0.490. The van der Waals surface area contributed by atoms with E-state index in [0.29, 0.717) is 11.4 Å². The third-order valence-corrected chi connectivity index (χ3v) is 4.23. The first kappa shape index (κ1) is 18.5. The van der Waals surface area contributed by atoms with E-state index < -0.39 is 11.7 Å². The van der Waals surface area contributed by atoms with Crippen LogP contribution in [0.4, 0.5) is 15.8 Å². The van der Waals surface area contributed by atoms with E-state index in [-0.39, 0.29) is 11.6 Å². The number of amides is 1. The SMILES string of the molecule is COc1ccc(F)cc1C(=O)Nc1ccc(NC(C)c2ccccc2)cc1. The number of nitrogens with one attached hydrogen (secondary N) is 2. The number of carbonyl (C=O) groups excluding carboxylic acids is 1. The second-order valence-corrected chi connectivity index (χ2v) is 6.15. The van der Waals surface area contributed by atoms with Gasteiger partial charge in [-0.15, -0.1) is 0 Å². The van der Waals surface area contributed by atoms with Gasteiger partial charge in [-0.05, 0) is 55.0 Å². The fraction of sp³-hybridized carbons (Fsp3) is 0.136. The first-order valence-corrected chi connectivity index (χ1v) is 8.63. The molecule has 0 heterocycles. The molecule has 0 radical (unpaired) electrons. The van der Waals surface area contributed by atoms with Gasteiger partial charge >= 0.3 is 0 Å². The van der Waals surface area contributed by atoms with Gasteiger partial charge in [0.05, 0.1) is 12.7 Å². The molecule has 0 saturated heterocycles. The van der Waals surface area contributed by atoms with Crippen molar-refractivity contribution in [3.05, 3.63) is 89.7 Å². The Balaban J connectivity index is 1.67. The molecule has 138 valence electrons. The molecule has 0 saturated carbocycles. The molecule has 1 amide bonds. The number of hydrogen-bond donors (Lipinski definition) is 2. The summed E-state index contributed by atoms with van der Waals surface area (Å²) in [6.07, 6.45) is 0. The maximum atomic E-state index is 13.5. The number of rotatable bonds is 6. The minimum absolute atomic E-state index is 0.150. The Morgan fingerprint density at radius 2 is 1.63 bits per heavy atom. The first-order chi connectivity index (χ1) is 13.1. The van der Waals surface area contributed by atoms with Crippen molar-refractivity contribution in [2.24, 2.45) is 0 Å². The second-order valence-electron chi connectivity index (χ2n) is 6.15. The van der Waals surface area contributed by atoms with E-state index in [1.807, 2.05) is 30.3 Å². The Kier molecular flexibility index (Phi) is 5.71. The summed E-state index contributed by atoms with van der Waals surface area (Å²) in [5.41, 5.74) is 2.89. The van der Waals surface area contributed by atoms with Gasteiger partial charge in [0.1, 0.15) is 11.6 Å². The van der Waals surface area contributed by atoms with Gasteiger partial charge in [0.15, 0.2) is 0 Å². The van der Waals surface area contributed by atoms with Gasteiger partial charge in [-0.3, -0.25) is 4.79 Å². The van der Waals surface area contributed by atoms with Crippen molar-refractivity contribution < 1.29 is 13.9 Å². The molecule has 5 heteroatoms. The van der Waals surface area contributed by atoms with Crippen molar-refractivity contribution in [2.45, 2.75) is 13.0 Å². The van der Waals surface area contributed by atoms with E-state index in [2.05, 4.69) is 29.7 Å². The Hall–Kier alpha value is -3.34. The van der Waals surface area contributed by atoms with Gasteiger partial charge in [-0.1, -0.05) is 30.3 Å². The van der Waals surface area contributed by atoms with Crippen molar-refractivity contribution in [3.8, 4) is 5.75 Å². The third-order valence-electron chi connectivity index (χ3n) is 4.23. The van der Waals surface area contributed by atoms with Crippen LogP contribution in [0.15, 0.2) is 72.8 Å². The number of ether oxygens (including phenoxy) is 1. The van der Waals surface area contributed by atoms with Crippen LogP contribution in [0.1, 0.15) is 28.9 Å². The van der Waals surface area contributed by atoms with Crippen LogP contribution in [0, 0.1) is 5.82 Å². The molecule has 27 heavy (non-hydrogen) atoms. The molecule has 1 atom stereocenters. The highest BCUT2D eigenvalue weighted by molar-refractivity contribution is 6.06. The fourth-order valence-corrected chi connectivity index (χ4v) is 2.78. The quantitative estimate of drug-likeness (QED) is 0.627. The van der Waals surface area contributed by atoms with Gasteiger partial charge in [0.2, 0.25) is 0 Å². The average Bonchev–Trinajstić information content (AvgIpc) is 2.70. The Morgan fingerprint density at radius 3 is 2.30 bits per heavy atom. The van der Waals surface area contributed by atoms with Gasteiger partial charge in [-0.2, -0.15) is 0 Å². The molecule has 2 N–H and O–H groups in total. The van der Waals surface area contributed by atoms with E-state index in [1.54, 1.807) is 12.1 Å². The number of halogens is 1. The zero-order chi connectivity index (χ0) is 19.2. The lowest BCUT2D eigenvalue weighted by atomic mass is 10.1. The molecule has 4 nitrogen and oxygen atoms in total. The number of methoxy groups -OCH3 is 1. The van der Waals surface area contributed by atoms with E-state index in [1.165, 1.54) is 24.8 Å². The van der Waals surface area contributed by atoms with E-state index in [4.69, 9.17) is 4.74 Å². The predicted octanol–water partition coefficient (Wildman–Crippen LogP) is 5.26. The molecule has 3 aromatic carbocycles. The standard InChI is InChI=1S/C22H21FN2O2/c1-15(16-6-4-3-5-7-16)24-18-9-11-19(12-10-18)25-22(26)20-14-17(23)8-13-21(20)27-2/h3-15,24H,1-2H3,(H,25,26). The first-order valence-electron chi connectivity index (χ1n) is 8.63. The van der Waals surface area contributed by atoms with Crippen LogP contribution < -0.4 is 15.4 Å². The fourth-order valence-electron chi connectivity index (χ4n) is 2.78. The summed E-state index contributed by atoms with van der Waals surface area (Å²) in [5.74, 6) is -0.594. The number of carbonyl (C=O) groups is 1. The van der Waals surface area contributed by atoms with Crippen molar-refractivity contribution in [2.75, 3.05) is 17.7 Å². The Bertz CT molecular complexity index is 911. The molecule has 1 unspecified atom stereocenters. The van der Waals surface area contributed by atoms with Crippen LogP contribution in [-0.2, 0) is 0 Å². The largest absolute Gasteiger partial charge is 0.496 e. The number of anilines is 2. The highest BCUT2D eigenvalue weighted by Crippen LogP contribution is 2.23. The minimum Gasteiger partial charge on any atom is -0.496 e. The summed E-state index contributed by atoms with van der Waals surface area (Å²) in [6, 6.07) is 21.5. The van der Waals surface area contributed by atoms with Crippen molar-refractivity contribution in [3.63, 3.8) is 0 Å². The summed E-state index contributed by atoms with van der Waals surface area (Å²) in [5, 5.41) is 6.17. The van der Waals surface area contributed by atoms with Crippen LogP contribution in [0.2, 0.25) is 0 Å². The molecule has 0 aliphatic carbocycles. The third kappa shape index (κ3) is 4.64. The van der Waals surface area contributed by atoms with Gasteiger partial charge in [-0.25, -0.2) is 4.39 Å². The zero-order valence-corrected chi connectivity index (χ0v) is 15.2. The number of hydrogen-bond acceptors (Lipinski definition) is 3. The van der Waals surface area contributed by atoms with Crippen LogP contribution in [0.25, 0.3) is 0 Å². The van der Waals surface area contributed by atoms with Crippen LogP contribution in [0.3, 0.4) is 0 Å². The zero-order valence-electron chi connectivity index (χ0n) is 15.2. The lowest BCUT2D eigenvalue weighted by Crippen LogP contribution is -2.13. The molecule has 0 aliphatic rings. The molecule has 0 spiro atoms. The smallest absolute Gasteiger partial charge is 0.259 e. The summed E-state index contributed by atoms with van der Waals surface area (Å²) < 4.78 is 18.6. The molecule has 0 aromatic heterocycles. The normalized spacial score (nSPS) is 11.5. The number of benzene rings is 3. The van der Waals surface area contributed by atoms with Crippen molar-refractivity contribution >= 4 is 17.3 Å². The molecular formula is C22H21FN2O2. The molecular weight excluding hydrogens is 343 g/mol.